The van der Waals surface area contributed by atoms with Crippen LogP contribution < -0.4 is 0 Å². The van der Waals surface area contributed by atoms with Crippen molar-refractivity contribution in [3.63, 3.8) is 0 Å². The fraction of sp³-hybridized carbons (Fsp3) is 0.778. The highest BCUT2D eigenvalue weighted by molar-refractivity contribution is 5.17. The van der Waals surface area contributed by atoms with Gasteiger partial charge in [0.2, 0.25) is 0 Å². The zero-order chi connectivity index (χ0) is 7.31. The summed E-state index contributed by atoms with van der Waals surface area (Å²) in [5.74, 6) is 1.43. The first-order chi connectivity index (χ1) is 5.39. The lowest BCUT2D eigenvalue weighted by Crippen LogP contribution is -2.32. The lowest BCUT2D eigenvalue weighted by molar-refractivity contribution is -0.314. The Hall–Kier alpha value is -0.340. The smallest absolute Gasteiger partial charge is 0.113 e. The molecule has 2 nitrogen and oxygen atoms in total. The quantitative estimate of drug-likeness (QED) is 0.388. The molecule has 0 amide bonds. The van der Waals surface area contributed by atoms with Gasteiger partial charge >= 0.3 is 0 Å². The maximum atomic E-state index is 5.38. The molecule has 1 saturated heterocycles. The van der Waals surface area contributed by atoms with E-state index in [-0.39, 0.29) is 5.60 Å². The minimum atomic E-state index is 0.0966. The third-order valence-electron chi connectivity index (χ3n) is 3.29. The van der Waals surface area contributed by atoms with Crippen molar-refractivity contribution in [2.45, 2.75) is 24.9 Å². The Kier molecular flexibility index (Phi) is 1.06. The van der Waals surface area contributed by atoms with E-state index in [1.165, 1.54) is 12.8 Å². The molecular weight excluding hydrogens is 140 g/mol. The van der Waals surface area contributed by atoms with Crippen molar-refractivity contribution in [3.05, 3.63) is 12.2 Å². The third kappa shape index (κ3) is 0.690. The van der Waals surface area contributed by atoms with E-state index in [0.717, 1.165) is 18.9 Å². The number of hydrogen-bond acceptors (Lipinski definition) is 2. The lowest BCUT2D eigenvalue weighted by Gasteiger charge is -2.26. The Bertz CT molecular complexity index is 204. The van der Waals surface area contributed by atoms with Gasteiger partial charge < -0.3 is 0 Å². The van der Waals surface area contributed by atoms with Crippen molar-refractivity contribution in [2.75, 3.05) is 6.61 Å². The second-order valence-corrected chi connectivity index (χ2v) is 3.91. The average molecular weight is 152 g/mol. The summed E-state index contributed by atoms with van der Waals surface area (Å²) in [5, 5.41) is 0. The van der Waals surface area contributed by atoms with Gasteiger partial charge in [0, 0.05) is 12.3 Å². The van der Waals surface area contributed by atoms with Gasteiger partial charge in [0.15, 0.2) is 0 Å². The summed E-state index contributed by atoms with van der Waals surface area (Å²) in [5.41, 5.74) is 0.0966. The van der Waals surface area contributed by atoms with Crippen LogP contribution in [0.3, 0.4) is 0 Å². The molecule has 1 spiro atoms. The molecule has 1 aliphatic heterocycles. The van der Waals surface area contributed by atoms with Crippen molar-refractivity contribution >= 4 is 0 Å². The number of allylic oxidation sites excluding steroid dienone is 1. The summed E-state index contributed by atoms with van der Waals surface area (Å²) < 4.78 is 0. The highest BCUT2D eigenvalue weighted by Crippen LogP contribution is 2.51. The van der Waals surface area contributed by atoms with Crippen molar-refractivity contribution in [1.29, 1.82) is 0 Å². The summed E-state index contributed by atoms with van der Waals surface area (Å²) in [6, 6.07) is 0. The molecule has 3 rings (SSSR count). The van der Waals surface area contributed by atoms with Crippen LogP contribution in [0.2, 0.25) is 0 Å². The average Bonchev–Trinajstić information content (AvgIpc) is 2.64. The molecule has 11 heavy (non-hydrogen) atoms. The lowest BCUT2D eigenvalue weighted by atomic mass is 9.86. The van der Waals surface area contributed by atoms with Gasteiger partial charge in [-0.1, -0.05) is 12.2 Å². The predicted molar refractivity (Wildman–Crippen MR) is 39.7 cm³/mol. The Labute approximate surface area is 66.1 Å². The molecule has 0 aromatic carbocycles. The third-order valence-corrected chi connectivity index (χ3v) is 3.29. The van der Waals surface area contributed by atoms with E-state index >= 15 is 0 Å². The molecule has 0 aromatic rings. The molecule has 2 heteroatoms. The molecule has 0 N–H and O–H groups in total. The van der Waals surface area contributed by atoms with E-state index in [4.69, 9.17) is 9.78 Å². The van der Waals surface area contributed by atoms with E-state index in [1.807, 2.05) is 0 Å². The van der Waals surface area contributed by atoms with Crippen LogP contribution in [-0.4, -0.2) is 12.2 Å². The molecular formula is C9H12O2. The standard InChI is InChI=1S/C9H12O2/c1-2-8-5-7(1)6-9(8)3-4-10-11-9/h1-2,7-8H,3-6H2. The highest BCUT2D eigenvalue weighted by Gasteiger charge is 2.52. The van der Waals surface area contributed by atoms with Crippen LogP contribution in [0.4, 0.5) is 0 Å². The Balaban J connectivity index is 1.94. The summed E-state index contributed by atoms with van der Waals surface area (Å²) in [4.78, 5) is 10.4. The molecule has 2 aliphatic carbocycles. The normalized spacial score (nSPS) is 53.1. The van der Waals surface area contributed by atoms with Crippen LogP contribution in [0, 0.1) is 11.8 Å². The van der Waals surface area contributed by atoms with Gasteiger partial charge in [0.1, 0.15) is 5.60 Å². The van der Waals surface area contributed by atoms with Crippen molar-refractivity contribution < 1.29 is 9.78 Å². The van der Waals surface area contributed by atoms with Gasteiger partial charge in [-0.25, -0.2) is 9.78 Å². The zero-order valence-corrected chi connectivity index (χ0v) is 6.45. The molecule has 3 atom stereocenters. The van der Waals surface area contributed by atoms with Crippen LogP contribution in [-0.2, 0) is 9.78 Å². The van der Waals surface area contributed by atoms with Crippen LogP contribution in [0.15, 0.2) is 12.2 Å². The largest absolute Gasteiger partial charge is 0.236 e. The van der Waals surface area contributed by atoms with E-state index in [9.17, 15) is 0 Å². The maximum absolute atomic E-state index is 5.38. The fourth-order valence-corrected chi connectivity index (χ4v) is 2.71. The SMILES string of the molecule is C1=CC2CC1CC21CCOO1. The number of hydrogen-bond donors (Lipinski definition) is 0. The van der Waals surface area contributed by atoms with Gasteiger partial charge in [0.25, 0.3) is 0 Å². The molecule has 3 aliphatic rings. The van der Waals surface area contributed by atoms with Crippen molar-refractivity contribution in [2.24, 2.45) is 11.8 Å². The summed E-state index contributed by atoms with van der Waals surface area (Å²) in [7, 11) is 0. The van der Waals surface area contributed by atoms with Gasteiger partial charge in [-0.15, -0.1) is 0 Å². The van der Waals surface area contributed by atoms with Crippen LogP contribution in [0.1, 0.15) is 19.3 Å². The molecule has 1 heterocycles. The molecule has 2 fully saturated rings. The molecule has 1 saturated carbocycles. The Morgan fingerprint density at radius 3 is 2.91 bits per heavy atom. The van der Waals surface area contributed by atoms with Gasteiger partial charge in [-0.3, -0.25) is 0 Å². The molecule has 3 unspecified atom stereocenters. The van der Waals surface area contributed by atoms with E-state index in [1.54, 1.807) is 0 Å². The van der Waals surface area contributed by atoms with Gasteiger partial charge in [-0.05, 0) is 18.8 Å². The Morgan fingerprint density at radius 2 is 2.36 bits per heavy atom. The molecule has 0 radical (unpaired) electrons. The van der Waals surface area contributed by atoms with Crippen molar-refractivity contribution in [1.82, 2.24) is 0 Å². The zero-order valence-electron chi connectivity index (χ0n) is 6.45. The minimum absolute atomic E-state index is 0.0966. The molecule has 2 bridgehead atoms. The second kappa shape index (κ2) is 1.87. The second-order valence-electron chi connectivity index (χ2n) is 3.91. The van der Waals surface area contributed by atoms with Gasteiger partial charge in [0.05, 0.1) is 6.61 Å². The Morgan fingerprint density at radius 1 is 1.36 bits per heavy atom. The minimum Gasteiger partial charge on any atom is -0.236 e. The number of rotatable bonds is 0. The van der Waals surface area contributed by atoms with E-state index < -0.39 is 0 Å². The van der Waals surface area contributed by atoms with E-state index in [0.29, 0.717) is 5.92 Å². The highest BCUT2D eigenvalue weighted by atomic mass is 17.2. The first kappa shape index (κ1) is 6.21. The summed E-state index contributed by atoms with van der Waals surface area (Å²) in [6.45, 7) is 0.789. The molecule has 0 aromatic heterocycles. The topological polar surface area (TPSA) is 18.5 Å². The predicted octanol–water partition coefficient (Wildman–Crippen LogP) is 1.67. The number of fused-ring (bicyclic) bond motifs is 3. The molecule has 60 valence electrons. The maximum Gasteiger partial charge on any atom is 0.113 e. The monoisotopic (exact) mass is 152 g/mol. The first-order valence-electron chi connectivity index (χ1n) is 4.38. The fourth-order valence-electron chi connectivity index (χ4n) is 2.71. The van der Waals surface area contributed by atoms with Crippen LogP contribution in [0.25, 0.3) is 0 Å². The summed E-state index contributed by atoms with van der Waals surface area (Å²) in [6.07, 6.45) is 8.22. The first-order valence-corrected chi connectivity index (χ1v) is 4.38. The summed E-state index contributed by atoms with van der Waals surface area (Å²) >= 11 is 0. The van der Waals surface area contributed by atoms with Crippen LogP contribution in [0.5, 0.6) is 0 Å². The van der Waals surface area contributed by atoms with Crippen LogP contribution >= 0.6 is 0 Å². The van der Waals surface area contributed by atoms with Crippen molar-refractivity contribution in [3.8, 4) is 0 Å². The van der Waals surface area contributed by atoms with Gasteiger partial charge in [-0.2, -0.15) is 0 Å². The van der Waals surface area contributed by atoms with E-state index in [2.05, 4.69) is 12.2 Å².